The number of carboxylic acids is 1. The van der Waals surface area contributed by atoms with E-state index in [9.17, 15) is 9.59 Å². The van der Waals surface area contributed by atoms with Gasteiger partial charge in [0.1, 0.15) is 5.54 Å². The third-order valence-electron chi connectivity index (χ3n) is 3.40. The highest BCUT2D eigenvalue weighted by molar-refractivity contribution is 5.87. The summed E-state index contributed by atoms with van der Waals surface area (Å²) >= 11 is 0. The van der Waals surface area contributed by atoms with Crippen LogP contribution < -0.4 is 10.6 Å². The number of carbonyl (C=O) groups is 2. The van der Waals surface area contributed by atoms with Crippen molar-refractivity contribution in [2.75, 3.05) is 6.54 Å². The molecular weight excluding hydrogens is 248 g/mol. The lowest BCUT2D eigenvalue weighted by Gasteiger charge is -2.38. The summed E-state index contributed by atoms with van der Waals surface area (Å²) in [7, 11) is 1.83. The fraction of sp³-hybridized carbons (Fsp3) is 0.583. The van der Waals surface area contributed by atoms with E-state index in [0.717, 1.165) is 12.1 Å². The van der Waals surface area contributed by atoms with Gasteiger partial charge in [0.15, 0.2) is 0 Å². The number of amides is 2. The molecule has 2 amide bonds. The molecule has 0 aliphatic heterocycles. The molecule has 1 aromatic rings. The van der Waals surface area contributed by atoms with Crippen LogP contribution in [0, 0.1) is 0 Å². The van der Waals surface area contributed by atoms with Gasteiger partial charge in [-0.1, -0.05) is 0 Å². The molecule has 3 N–H and O–H groups in total. The Bertz CT molecular complexity index is 479. The van der Waals surface area contributed by atoms with Gasteiger partial charge >= 0.3 is 12.0 Å². The molecular formula is C12H18N4O3. The standard InChI is InChI=1S/C12H18N4O3/c1-16-8-4-9(15-16)3-7-13-11(19)14-12(10(17)18)5-2-6-12/h4,8H,2-3,5-7H2,1H3,(H,17,18)(H2,13,14,19). The molecule has 1 aliphatic rings. The van der Waals surface area contributed by atoms with Gasteiger partial charge < -0.3 is 15.7 Å². The molecule has 1 fully saturated rings. The number of aryl methyl sites for hydroxylation is 1. The van der Waals surface area contributed by atoms with Gasteiger partial charge in [0.25, 0.3) is 0 Å². The average Bonchev–Trinajstić information content (AvgIpc) is 2.69. The maximum Gasteiger partial charge on any atom is 0.329 e. The van der Waals surface area contributed by atoms with Crippen LogP contribution in [0.4, 0.5) is 4.79 Å². The number of nitrogens with zero attached hydrogens (tertiary/aromatic N) is 2. The van der Waals surface area contributed by atoms with Crippen molar-refractivity contribution in [2.45, 2.75) is 31.2 Å². The van der Waals surface area contributed by atoms with Crippen LogP contribution in [-0.2, 0) is 18.3 Å². The zero-order chi connectivity index (χ0) is 13.9. The zero-order valence-corrected chi connectivity index (χ0v) is 10.8. The number of hydrogen-bond donors (Lipinski definition) is 3. The van der Waals surface area contributed by atoms with Gasteiger partial charge in [-0.15, -0.1) is 0 Å². The molecule has 104 valence electrons. The lowest BCUT2D eigenvalue weighted by atomic mass is 9.77. The molecule has 0 bridgehead atoms. The van der Waals surface area contributed by atoms with Crippen molar-refractivity contribution in [3.05, 3.63) is 18.0 Å². The summed E-state index contributed by atoms with van der Waals surface area (Å²) in [5.41, 5.74) is -0.172. The third-order valence-corrected chi connectivity index (χ3v) is 3.40. The van der Waals surface area contributed by atoms with E-state index in [1.165, 1.54) is 0 Å². The average molecular weight is 266 g/mol. The number of carbonyl (C=O) groups excluding carboxylic acids is 1. The Kier molecular flexibility index (Phi) is 3.73. The summed E-state index contributed by atoms with van der Waals surface area (Å²) < 4.78 is 1.70. The highest BCUT2D eigenvalue weighted by Crippen LogP contribution is 2.31. The fourth-order valence-electron chi connectivity index (χ4n) is 2.08. The van der Waals surface area contributed by atoms with Crippen molar-refractivity contribution in [1.29, 1.82) is 0 Å². The number of nitrogens with one attached hydrogen (secondary N) is 2. The van der Waals surface area contributed by atoms with Crippen LogP contribution in [0.15, 0.2) is 12.3 Å². The SMILES string of the molecule is Cn1ccc(CCNC(=O)NC2(C(=O)O)CCC2)n1. The Morgan fingerprint density at radius 1 is 1.53 bits per heavy atom. The van der Waals surface area contributed by atoms with Crippen LogP contribution >= 0.6 is 0 Å². The summed E-state index contributed by atoms with van der Waals surface area (Å²) in [4.78, 5) is 22.7. The zero-order valence-electron chi connectivity index (χ0n) is 10.8. The fourth-order valence-corrected chi connectivity index (χ4v) is 2.08. The first kappa shape index (κ1) is 13.4. The van der Waals surface area contributed by atoms with Crippen LogP contribution in [0.2, 0.25) is 0 Å². The topological polar surface area (TPSA) is 96.2 Å². The minimum Gasteiger partial charge on any atom is -0.480 e. The molecule has 0 spiro atoms. The Morgan fingerprint density at radius 3 is 2.74 bits per heavy atom. The smallest absolute Gasteiger partial charge is 0.329 e. The van der Waals surface area contributed by atoms with E-state index in [4.69, 9.17) is 5.11 Å². The molecule has 0 unspecified atom stereocenters. The van der Waals surface area contributed by atoms with Crippen LogP contribution in [0.5, 0.6) is 0 Å². The summed E-state index contributed by atoms with van der Waals surface area (Å²) in [6, 6.07) is 1.45. The van der Waals surface area contributed by atoms with Crippen molar-refractivity contribution < 1.29 is 14.7 Å². The Labute approximate surface area is 111 Å². The summed E-state index contributed by atoms with van der Waals surface area (Å²) in [5.74, 6) is -0.960. The van der Waals surface area contributed by atoms with Crippen LogP contribution in [0.1, 0.15) is 25.0 Å². The third kappa shape index (κ3) is 3.04. The molecule has 7 heteroatoms. The lowest BCUT2D eigenvalue weighted by molar-refractivity contribution is -0.148. The maximum absolute atomic E-state index is 11.6. The minimum absolute atomic E-state index is 0.429. The van der Waals surface area contributed by atoms with Gasteiger partial charge in [-0.05, 0) is 25.3 Å². The molecule has 0 saturated heterocycles. The van der Waals surface area contributed by atoms with E-state index in [2.05, 4.69) is 15.7 Å². The van der Waals surface area contributed by atoms with Crippen LogP contribution in [0.3, 0.4) is 0 Å². The monoisotopic (exact) mass is 266 g/mol. The molecule has 19 heavy (non-hydrogen) atoms. The van der Waals surface area contributed by atoms with E-state index >= 15 is 0 Å². The summed E-state index contributed by atoms with van der Waals surface area (Å²) in [6.45, 7) is 0.429. The van der Waals surface area contributed by atoms with Crippen molar-refractivity contribution in [2.24, 2.45) is 7.05 Å². The number of urea groups is 1. The van der Waals surface area contributed by atoms with Crippen LogP contribution in [0.25, 0.3) is 0 Å². The molecule has 1 aliphatic carbocycles. The Morgan fingerprint density at radius 2 is 2.26 bits per heavy atom. The highest BCUT2D eigenvalue weighted by Gasteiger charge is 2.45. The largest absolute Gasteiger partial charge is 0.480 e. The molecule has 0 aromatic carbocycles. The lowest BCUT2D eigenvalue weighted by Crippen LogP contribution is -2.61. The van der Waals surface area contributed by atoms with E-state index in [0.29, 0.717) is 25.8 Å². The van der Waals surface area contributed by atoms with Crippen molar-refractivity contribution in [3.63, 3.8) is 0 Å². The summed E-state index contributed by atoms with van der Waals surface area (Å²) in [6.07, 6.45) is 4.28. The number of aliphatic carboxylic acids is 1. The second kappa shape index (κ2) is 5.29. The quantitative estimate of drug-likeness (QED) is 0.712. The first-order valence-corrected chi connectivity index (χ1v) is 6.30. The van der Waals surface area contributed by atoms with Crippen molar-refractivity contribution in [3.8, 4) is 0 Å². The van der Waals surface area contributed by atoms with E-state index in [1.54, 1.807) is 4.68 Å². The van der Waals surface area contributed by atoms with Gasteiger partial charge in [0.2, 0.25) is 0 Å². The number of rotatable bonds is 5. The van der Waals surface area contributed by atoms with Gasteiger partial charge in [-0.2, -0.15) is 5.10 Å². The second-order valence-corrected chi connectivity index (χ2v) is 4.85. The van der Waals surface area contributed by atoms with E-state index in [1.807, 2.05) is 19.3 Å². The molecule has 2 rings (SSSR count). The van der Waals surface area contributed by atoms with Gasteiger partial charge in [-0.3, -0.25) is 4.68 Å². The molecule has 1 saturated carbocycles. The van der Waals surface area contributed by atoms with Gasteiger partial charge in [0.05, 0.1) is 5.69 Å². The normalized spacial score (nSPS) is 16.5. The predicted molar refractivity (Wildman–Crippen MR) is 67.7 cm³/mol. The number of hydrogen-bond acceptors (Lipinski definition) is 3. The second-order valence-electron chi connectivity index (χ2n) is 4.85. The van der Waals surface area contributed by atoms with E-state index in [-0.39, 0.29) is 0 Å². The number of carboxylic acid groups (broad SMARTS) is 1. The number of aromatic nitrogens is 2. The highest BCUT2D eigenvalue weighted by atomic mass is 16.4. The molecule has 1 aromatic heterocycles. The minimum atomic E-state index is -1.06. The van der Waals surface area contributed by atoms with Gasteiger partial charge in [0, 0.05) is 26.2 Å². The Balaban J connectivity index is 1.74. The van der Waals surface area contributed by atoms with E-state index < -0.39 is 17.5 Å². The molecule has 7 nitrogen and oxygen atoms in total. The van der Waals surface area contributed by atoms with Crippen molar-refractivity contribution in [1.82, 2.24) is 20.4 Å². The molecule has 1 heterocycles. The first-order valence-electron chi connectivity index (χ1n) is 6.30. The molecule has 0 radical (unpaired) electrons. The van der Waals surface area contributed by atoms with Gasteiger partial charge in [-0.25, -0.2) is 9.59 Å². The molecule has 0 atom stereocenters. The van der Waals surface area contributed by atoms with Crippen molar-refractivity contribution >= 4 is 12.0 Å². The maximum atomic E-state index is 11.6. The van der Waals surface area contributed by atoms with Crippen LogP contribution in [-0.4, -0.2) is 39.0 Å². The first-order chi connectivity index (χ1) is 9.02. The summed E-state index contributed by atoms with van der Waals surface area (Å²) in [5, 5.41) is 18.5. The Hall–Kier alpha value is -2.05. The predicted octanol–water partition coefficient (Wildman–Crippen LogP) is 0.269.